The fourth-order valence-corrected chi connectivity index (χ4v) is 2.15. The summed E-state index contributed by atoms with van der Waals surface area (Å²) in [5.74, 6) is 0.0255. The zero-order valence-corrected chi connectivity index (χ0v) is 11.6. The largest absolute Gasteiger partial charge is 0.379 e. The van der Waals surface area contributed by atoms with Crippen molar-refractivity contribution in [2.24, 2.45) is 0 Å². The van der Waals surface area contributed by atoms with Gasteiger partial charge in [-0.15, -0.1) is 0 Å². The van der Waals surface area contributed by atoms with Crippen LogP contribution in [0.1, 0.15) is 19.5 Å². The van der Waals surface area contributed by atoms with E-state index in [0.29, 0.717) is 19.8 Å². The normalized spacial score (nSPS) is 17.2. The Kier molecular flexibility index (Phi) is 4.50. The summed E-state index contributed by atoms with van der Waals surface area (Å²) in [6, 6.07) is 5.72. The van der Waals surface area contributed by atoms with Gasteiger partial charge < -0.3 is 10.1 Å². The summed E-state index contributed by atoms with van der Waals surface area (Å²) in [6.45, 7) is 7.39. The highest BCUT2D eigenvalue weighted by atomic mass is 16.5. The molecule has 1 aliphatic heterocycles. The Morgan fingerprint density at radius 3 is 2.79 bits per heavy atom. The number of nitrogens with zero attached hydrogens (tertiary/aromatic N) is 2. The molecule has 0 bridgehead atoms. The molecule has 0 aromatic carbocycles. The number of carbonyl (C=O) groups is 1. The Hall–Kier alpha value is -1.46. The van der Waals surface area contributed by atoms with Crippen LogP contribution in [0.25, 0.3) is 0 Å². The number of pyridine rings is 1. The molecule has 1 amide bonds. The number of aromatic nitrogens is 1. The van der Waals surface area contributed by atoms with E-state index in [1.54, 1.807) is 6.20 Å². The second kappa shape index (κ2) is 6.12. The highest BCUT2D eigenvalue weighted by Crippen LogP contribution is 2.16. The number of hydrogen-bond acceptors (Lipinski definition) is 4. The Morgan fingerprint density at radius 2 is 2.16 bits per heavy atom. The maximum Gasteiger partial charge on any atom is 0.234 e. The Morgan fingerprint density at radius 1 is 1.42 bits per heavy atom. The molecule has 1 saturated heterocycles. The van der Waals surface area contributed by atoms with Gasteiger partial charge in [-0.3, -0.25) is 14.7 Å². The van der Waals surface area contributed by atoms with Crippen molar-refractivity contribution in [3.05, 3.63) is 30.1 Å². The van der Waals surface area contributed by atoms with E-state index in [4.69, 9.17) is 4.74 Å². The lowest BCUT2D eigenvalue weighted by Crippen LogP contribution is -2.48. The number of morpholine rings is 1. The van der Waals surface area contributed by atoms with Crippen LogP contribution in [0.15, 0.2) is 24.4 Å². The van der Waals surface area contributed by atoms with Crippen LogP contribution in [0.2, 0.25) is 0 Å². The number of nitrogens with one attached hydrogen (secondary N) is 1. The molecule has 0 aliphatic carbocycles. The summed E-state index contributed by atoms with van der Waals surface area (Å²) in [4.78, 5) is 18.5. The van der Waals surface area contributed by atoms with Crippen molar-refractivity contribution >= 4 is 5.91 Å². The van der Waals surface area contributed by atoms with E-state index in [1.807, 2.05) is 32.0 Å². The fraction of sp³-hybridized carbons (Fsp3) is 0.571. The molecule has 0 unspecified atom stereocenters. The van der Waals surface area contributed by atoms with Crippen molar-refractivity contribution in [1.82, 2.24) is 15.2 Å². The zero-order valence-electron chi connectivity index (χ0n) is 11.6. The molecule has 19 heavy (non-hydrogen) atoms. The third-order valence-corrected chi connectivity index (χ3v) is 3.23. The van der Waals surface area contributed by atoms with Gasteiger partial charge in [-0.25, -0.2) is 0 Å². The van der Waals surface area contributed by atoms with Crippen LogP contribution in [0.4, 0.5) is 0 Å². The Bertz CT molecular complexity index is 414. The van der Waals surface area contributed by atoms with Crippen molar-refractivity contribution < 1.29 is 9.53 Å². The topological polar surface area (TPSA) is 54.5 Å². The van der Waals surface area contributed by atoms with Gasteiger partial charge in [0.25, 0.3) is 0 Å². The van der Waals surface area contributed by atoms with Crippen LogP contribution >= 0.6 is 0 Å². The molecule has 5 nitrogen and oxygen atoms in total. The molecule has 1 aliphatic rings. The van der Waals surface area contributed by atoms with Gasteiger partial charge >= 0.3 is 0 Å². The van der Waals surface area contributed by atoms with Crippen molar-refractivity contribution in [2.45, 2.75) is 19.4 Å². The van der Waals surface area contributed by atoms with Gasteiger partial charge in [0.2, 0.25) is 5.91 Å². The van der Waals surface area contributed by atoms with E-state index in [1.165, 1.54) is 0 Å². The Balaban J connectivity index is 1.90. The average molecular weight is 263 g/mol. The first kappa shape index (κ1) is 14.0. The molecule has 1 aromatic rings. The lowest BCUT2D eigenvalue weighted by Gasteiger charge is -2.29. The van der Waals surface area contributed by atoms with Gasteiger partial charge in [0.1, 0.15) is 0 Å². The fourth-order valence-electron chi connectivity index (χ4n) is 2.15. The highest BCUT2D eigenvalue weighted by molar-refractivity contribution is 5.78. The molecule has 1 fully saturated rings. The number of hydrogen-bond donors (Lipinski definition) is 1. The monoisotopic (exact) mass is 263 g/mol. The molecule has 0 atom stereocenters. The molecular weight excluding hydrogens is 242 g/mol. The van der Waals surface area contributed by atoms with E-state index in [9.17, 15) is 4.79 Å². The first-order valence-electron chi connectivity index (χ1n) is 6.60. The summed E-state index contributed by atoms with van der Waals surface area (Å²) in [6.07, 6.45) is 1.74. The standard InChI is InChI=1S/C14H21N3O2/c1-14(2,12-5-3-4-6-15-12)16-13(18)11-17-7-9-19-10-8-17/h3-6H,7-11H2,1-2H3,(H,16,18). The molecule has 1 aromatic heterocycles. The number of carbonyl (C=O) groups excluding carboxylic acids is 1. The van der Waals surface area contributed by atoms with Crippen LogP contribution in [0.5, 0.6) is 0 Å². The minimum Gasteiger partial charge on any atom is -0.379 e. The van der Waals surface area contributed by atoms with Crippen molar-refractivity contribution in [3.8, 4) is 0 Å². The highest BCUT2D eigenvalue weighted by Gasteiger charge is 2.25. The van der Waals surface area contributed by atoms with Gasteiger partial charge in [0.05, 0.1) is 31.0 Å². The third-order valence-electron chi connectivity index (χ3n) is 3.23. The van der Waals surface area contributed by atoms with Crippen LogP contribution in [-0.4, -0.2) is 48.6 Å². The zero-order chi connectivity index (χ0) is 13.7. The van der Waals surface area contributed by atoms with Crippen LogP contribution < -0.4 is 5.32 Å². The predicted octanol–water partition coefficient (Wildman–Crippen LogP) is 0.765. The van der Waals surface area contributed by atoms with E-state index < -0.39 is 5.54 Å². The molecule has 2 rings (SSSR count). The summed E-state index contributed by atoms with van der Waals surface area (Å²) in [7, 11) is 0. The maximum atomic E-state index is 12.1. The summed E-state index contributed by atoms with van der Waals surface area (Å²) in [5, 5.41) is 3.04. The second-order valence-corrected chi connectivity index (χ2v) is 5.28. The van der Waals surface area contributed by atoms with Crippen molar-refractivity contribution in [1.29, 1.82) is 0 Å². The minimum absolute atomic E-state index is 0.0255. The van der Waals surface area contributed by atoms with E-state index in [0.717, 1.165) is 18.8 Å². The third kappa shape index (κ3) is 4.01. The van der Waals surface area contributed by atoms with E-state index >= 15 is 0 Å². The first-order chi connectivity index (χ1) is 9.08. The first-order valence-corrected chi connectivity index (χ1v) is 6.60. The molecule has 0 radical (unpaired) electrons. The summed E-state index contributed by atoms with van der Waals surface area (Å²) in [5.41, 5.74) is 0.412. The summed E-state index contributed by atoms with van der Waals surface area (Å²) >= 11 is 0. The van der Waals surface area contributed by atoms with Gasteiger partial charge in [0.15, 0.2) is 0 Å². The quantitative estimate of drug-likeness (QED) is 0.871. The van der Waals surface area contributed by atoms with Gasteiger partial charge in [0, 0.05) is 19.3 Å². The van der Waals surface area contributed by atoms with E-state index in [-0.39, 0.29) is 5.91 Å². The van der Waals surface area contributed by atoms with Crippen LogP contribution in [-0.2, 0) is 15.1 Å². The summed E-state index contributed by atoms with van der Waals surface area (Å²) < 4.78 is 5.27. The number of rotatable bonds is 4. The van der Waals surface area contributed by atoms with Gasteiger partial charge in [-0.1, -0.05) is 6.07 Å². The number of amides is 1. The second-order valence-electron chi connectivity index (χ2n) is 5.28. The van der Waals surface area contributed by atoms with Gasteiger partial charge in [-0.2, -0.15) is 0 Å². The predicted molar refractivity (Wildman–Crippen MR) is 72.7 cm³/mol. The smallest absolute Gasteiger partial charge is 0.234 e. The molecular formula is C14H21N3O2. The Labute approximate surface area is 114 Å². The molecule has 1 N–H and O–H groups in total. The van der Waals surface area contributed by atoms with E-state index in [2.05, 4.69) is 15.2 Å². The minimum atomic E-state index is -0.454. The average Bonchev–Trinajstić information content (AvgIpc) is 2.40. The maximum absolute atomic E-state index is 12.1. The van der Waals surface area contributed by atoms with Crippen LogP contribution in [0.3, 0.4) is 0 Å². The number of ether oxygens (including phenoxy) is 1. The van der Waals surface area contributed by atoms with Crippen molar-refractivity contribution in [3.63, 3.8) is 0 Å². The molecule has 2 heterocycles. The lowest BCUT2D eigenvalue weighted by atomic mass is 10.00. The lowest BCUT2D eigenvalue weighted by molar-refractivity contribution is -0.125. The van der Waals surface area contributed by atoms with Gasteiger partial charge in [-0.05, 0) is 26.0 Å². The molecule has 5 heteroatoms. The van der Waals surface area contributed by atoms with Crippen molar-refractivity contribution in [2.75, 3.05) is 32.8 Å². The molecule has 0 saturated carbocycles. The van der Waals surface area contributed by atoms with Crippen LogP contribution in [0, 0.1) is 0 Å². The SMILES string of the molecule is CC(C)(NC(=O)CN1CCOCC1)c1ccccn1. The molecule has 104 valence electrons. The molecule has 0 spiro atoms.